The third kappa shape index (κ3) is 4.04. The Morgan fingerprint density at radius 2 is 1.59 bits per heavy atom. The highest BCUT2D eigenvalue weighted by Gasteiger charge is 2.38. The fraction of sp³-hybridized carbons (Fsp3) is 0.364. The molecule has 2 saturated heterocycles. The summed E-state index contributed by atoms with van der Waals surface area (Å²) in [5.74, 6) is 0.162. The van der Waals surface area contributed by atoms with Gasteiger partial charge in [-0.15, -0.1) is 0 Å². The van der Waals surface area contributed by atoms with Gasteiger partial charge in [0.2, 0.25) is 11.8 Å². The molecule has 1 atom stereocenters. The average Bonchev–Trinajstić information content (AvgIpc) is 3.15. The van der Waals surface area contributed by atoms with Gasteiger partial charge in [-0.25, -0.2) is 4.39 Å². The van der Waals surface area contributed by atoms with Gasteiger partial charge in [-0.2, -0.15) is 0 Å². The van der Waals surface area contributed by atoms with Crippen molar-refractivity contribution in [1.82, 2.24) is 4.90 Å². The molecule has 4 rings (SSSR count). The molecule has 0 N–H and O–H groups in total. The first-order valence-corrected chi connectivity index (χ1v) is 9.79. The molecular formula is C22H24FN3O3. The van der Waals surface area contributed by atoms with Crippen LogP contribution in [0.3, 0.4) is 0 Å². The molecule has 2 aliphatic rings. The molecule has 0 aliphatic carbocycles. The lowest BCUT2D eigenvalue weighted by Gasteiger charge is -2.37. The number of halogens is 1. The predicted molar refractivity (Wildman–Crippen MR) is 109 cm³/mol. The second kappa shape index (κ2) is 8.11. The van der Waals surface area contributed by atoms with Gasteiger partial charge in [-0.05, 0) is 48.5 Å². The molecule has 2 aromatic rings. The lowest BCUT2D eigenvalue weighted by atomic mass is 10.1. The van der Waals surface area contributed by atoms with Gasteiger partial charge in [0, 0.05) is 50.5 Å². The van der Waals surface area contributed by atoms with Crippen LogP contribution in [0.4, 0.5) is 15.8 Å². The Kier molecular flexibility index (Phi) is 5.38. The van der Waals surface area contributed by atoms with E-state index in [1.807, 2.05) is 29.2 Å². The molecule has 29 heavy (non-hydrogen) atoms. The average molecular weight is 397 g/mol. The van der Waals surface area contributed by atoms with Gasteiger partial charge in [0.15, 0.2) is 0 Å². The monoisotopic (exact) mass is 397 g/mol. The van der Waals surface area contributed by atoms with E-state index in [4.69, 9.17) is 4.74 Å². The zero-order chi connectivity index (χ0) is 20.4. The van der Waals surface area contributed by atoms with Crippen molar-refractivity contribution in [3.05, 3.63) is 54.3 Å². The van der Waals surface area contributed by atoms with Gasteiger partial charge in [0.05, 0.1) is 13.0 Å². The predicted octanol–water partition coefficient (Wildman–Crippen LogP) is 2.54. The molecule has 0 saturated carbocycles. The Labute approximate surface area is 169 Å². The smallest absolute Gasteiger partial charge is 0.228 e. The normalized spacial score (nSPS) is 19.6. The third-order valence-corrected chi connectivity index (χ3v) is 5.64. The zero-order valence-corrected chi connectivity index (χ0v) is 16.4. The van der Waals surface area contributed by atoms with Gasteiger partial charge in [0.1, 0.15) is 11.6 Å². The van der Waals surface area contributed by atoms with Crippen LogP contribution in [0, 0.1) is 11.7 Å². The van der Waals surface area contributed by atoms with Gasteiger partial charge in [0.25, 0.3) is 0 Å². The van der Waals surface area contributed by atoms with Crippen LogP contribution in [-0.2, 0) is 9.59 Å². The number of nitrogens with zero attached hydrogens (tertiary/aromatic N) is 3. The molecule has 152 valence electrons. The molecule has 2 heterocycles. The first-order valence-electron chi connectivity index (χ1n) is 9.79. The third-order valence-electron chi connectivity index (χ3n) is 5.64. The fourth-order valence-electron chi connectivity index (χ4n) is 3.98. The maximum absolute atomic E-state index is 13.1. The number of benzene rings is 2. The number of hydrogen-bond donors (Lipinski definition) is 0. The van der Waals surface area contributed by atoms with E-state index in [9.17, 15) is 14.0 Å². The molecule has 2 fully saturated rings. The summed E-state index contributed by atoms with van der Waals surface area (Å²) in [6, 6.07) is 13.7. The summed E-state index contributed by atoms with van der Waals surface area (Å²) in [5.41, 5.74) is 1.74. The summed E-state index contributed by atoms with van der Waals surface area (Å²) in [7, 11) is 1.60. The van der Waals surface area contributed by atoms with Gasteiger partial charge >= 0.3 is 0 Å². The summed E-state index contributed by atoms with van der Waals surface area (Å²) in [6.45, 7) is 3.00. The first kappa shape index (κ1) is 19.2. The number of ether oxygens (including phenoxy) is 1. The quantitative estimate of drug-likeness (QED) is 0.796. The fourth-order valence-corrected chi connectivity index (χ4v) is 3.98. The molecule has 6 nitrogen and oxygen atoms in total. The van der Waals surface area contributed by atoms with Crippen molar-refractivity contribution < 1.29 is 18.7 Å². The molecule has 0 bridgehead atoms. The number of amides is 2. The first-order chi connectivity index (χ1) is 14.0. The highest BCUT2D eigenvalue weighted by atomic mass is 19.1. The van der Waals surface area contributed by atoms with E-state index in [0.717, 1.165) is 17.1 Å². The zero-order valence-electron chi connectivity index (χ0n) is 16.4. The van der Waals surface area contributed by atoms with Crippen LogP contribution >= 0.6 is 0 Å². The van der Waals surface area contributed by atoms with Crippen molar-refractivity contribution in [3.8, 4) is 5.75 Å². The van der Waals surface area contributed by atoms with E-state index in [-0.39, 0.29) is 30.0 Å². The van der Waals surface area contributed by atoms with Crippen molar-refractivity contribution in [2.24, 2.45) is 5.92 Å². The van der Waals surface area contributed by atoms with Gasteiger partial charge in [-0.3, -0.25) is 9.59 Å². The second-order valence-corrected chi connectivity index (χ2v) is 7.39. The van der Waals surface area contributed by atoms with Crippen LogP contribution in [-0.4, -0.2) is 56.5 Å². The minimum atomic E-state index is -0.318. The van der Waals surface area contributed by atoms with E-state index in [2.05, 4.69) is 4.90 Å². The summed E-state index contributed by atoms with van der Waals surface area (Å²) in [6.07, 6.45) is 0.239. The second-order valence-electron chi connectivity index (χ2n) is 7.39. The van der Waals surface area contributed by atoms with Crippen molar-refractivity contribution in [3.63, 3.8) is 0 Å². The van der Waals surface area contributed by atoms with Crippen LogP contribution in [0.25, 0.3) is 0 Å². The standard InChI is InChI=1S/C22H24FN3O3/c1-29-20-8-6-19(7-9-20)26-15-16(14-21(26)27)22(28)25-12-10-24(11-13-25)18-4-2-17(23)3-5-18/h2-9,16H,10-15H2,1H3/t16-/m1/s1. The molecule has 0 radical (unpaired) electrons. The highest BCUT2D eigenvalue weighted by Crippen LogP contribution is 2.28. The molecule has 0 spiro atoms. The number of carbonyl (C=O) groups is 2. The molecule has 0 aromatic heterocycles. The molecule has 0 unspecified atom stereocenters. The van der Waals surface area contributed by atoms with Crippen LogP contribution in [0.2, 0.25) is 0 Å². The molecule has 2 aliphatic heterocycles. The Hall–Kier alpha value is -3.09. The van der Waals surface area contributed by atoms with Gasteiger partial charge < -0.3 is 19.4 Å². The summed E-state index contributed by atoms with van der Waals surface area (Å²) in [5, 5.41) is 0. The van der Waals surface area contributed by atoms with Crippen LogP contribution < -0.4 is 14.5 Å². The molecule has 2 amide bonds. The maximum Gasteiger partial charge on any atom is 0.228 e. The Balaban J connectivity index is 1.35. The summed E-state index contributed by atoms with van der Waals surface area (Å²) < 4.78 is 18.3. The maximum atomic E-state index is 13.1. The number of rotatable bonds is 4. The summed E-state index contributed by atoms with van der Waals surface area (Å²) in [4.78, 5) is 31.1. The number of anilines is 2. The lowest BCUT2D eigenvalue weighted by molar-refractivity contribution is -0.136. The van der Waals surface area contributed by atoms with Crippen molar-refractivity contribution in [2.75, 3.05) is 49.6 Å². The SMILES string of the molecule is COc1ccc(N2C[C@H](C(=O)N3CCN(c4ccc(F)cc4)CC3)CC2=O)cc1. The van der Waals surface area contributed by atoms with E-state index in [1.54, 1.807) is 24.1 Å². The minimum Gasteiger partial charge on any atom is -0.497 e. The largest absolute Gasteiger partial charge is 0.497 e. The minimum absolute atomic E-state index is 0.0292. The van der Waals surface area contributed by atoms with Crippen molar-refractivity contribution in [1.29, 1.82) is 0 Å². The molecular weight excluding hydrogens is 373 g/mol. The van der Waals surface area contributed by atoms with Crippen LogP contribution in [0.5, 0.6) is 5.75 Å². The Bertz CT molecular complexity index is 877. The van der Waals surface area contributed by atoms with E-state index < -0.39 is 0 Å². The van der Waals surface area contributed by atoms with Crippen molar-refractivity contribution in [2.45, 2.75) is 6.42 Å². The van der Waals surface area contributed by atoms with Crippen LogP contribution in [0.1, 0.15) is 6.42 Å². The van der Waals surface area contributed by atoms with Crippen molar-refractivity contribution >= 4 is 23.2 Å². The number of piperazine rings is 1. The Morgan fingerprint density at radius 3 is 2.21 bits per heavy atom. The number of methoxy groups -OCH3 is 1. The van der Waals surface area contributed by atoms with Gasteiger partial charge in [-0.1, -0.05) is 0 Å². The summed E-state index contributed by atoms with van der Waals surface area (Å²) >= 11 is 0. The Morgan fingerprint density at radius 1 is 0.966 bits per heavy atom. The highest BCUT2D eigenvalue weighted by molar-refractivity contribution is 6.00. The topological polar surface area (TPSA) is 53.1 Å². The van der Waals surface area contributed by atoms with E-state index >= 15 is 0 Å². The number of carbonyl (C=O) groups excluding carboxylic acids is 2. The molecule has 7 heteroatoms. The lowest BCUT2D eigenvalue weighted by Crippen LogP contribution is -2.50. The van der Waals surface area contributed by atoms with E-state index in [0.29, 0.717) is 32.7 Å². The number of hydrogen-bond acceptors (Lipinski definition) is 4. The molecule has 2 aromatic carbocycles. The van der Waals surface area contributed by atoms with Crippen LogP contribution in [0.15, 0.2) is 48.5 Å². The van der Waals surface area contributed by atoms with E-state index in [1.165, 1.54) is 12.1 Å².